The summed E-state index contributed by atoms with van der Waals surface area (Å²) in [5.41, 5.74) is 0.639. The molecule has 0 bridgehead atoms. The van der Waals surface area contributed by atoms with E-state index >= 15 is 0 Å². The van der Waals surface area contributed by atoms with Gasteiger partial charge in [0.1, 0.15) is 11.6 Å². The van der Waals surface area contributed by atoms with Crippen LogP contribution in [-0.4, -0.2) is 64.1 Å². The van der Waals surface area contributed by atoms with Gasteiger partial charge in [0.2, 0.25) is 0 Å². The van der Waals surface area contributed by atoms with Gasteiger partial charge in [0, 0.05) is 6.42 Å². The number of nitrogens with zero attached hydrogens (tertiary/aromatic N) is 2. The normalized spacial score (nSPS) is 17.5. The number of allylic oxidation sites excluding steroid dienone is 1. The van der Waals surface area contributed by atoms with Crippen molar-refractivity contribution in [2.45, 2.75) is 19.4 Å². The molecule has 0 saturated heterocycles. The number of hydrogen-bond donors (Lipinski definition) is 0. The van der Waals surface area contributed by atoms with Crippen LogP contribution < -0.4 is 4.90 Å². The van der Waals surface area contributed by atoms with Crippen molar-refractivity contribution >= 4 is 41.0 Å². The molecule has 168 valence electrons. The first-order valence-electron chi connectivity index (χ1n) is 9.55. The average molecular weight is 442 g/mol. The smallest absolute Gasteiger partial charge is 0.340 e. The Morgan fingerprint density at radius 1 is 0.875 bits per heavy atom. The molecule has 2 heterocycles. The molecule has 0 spiro atoms. The van der Waals surface area contributed by atoms with E-state index < -0.39 is 29.9 Å². The van der Waals surface area contributed by atoms with E-state index in [1.54, 1.807) is 31.2 Å². The van der Waals surface area contributed by atoms with Gasteiger partial charge in [-0.2, -0.15) is 0 Å². The first-order valence-corrected chi connectivity index (χ1v) is 9.55. The van der Waals surface area contributed by atoms with Crippen LogP contribution >= 0.6 is 0 Å². The highest BCUT2D eigenvalue weighted by molar-refractivity contribution is 6.20. The van der Waals surface area contributed by atoms with Gasteiger partial charge < -0.3 is 23.8 Å². The lowest BCUT2D eigenvalue weighted by Crippen LogP contribution is -2.45. The van der Waals surface area contributed by atoms with Gasteiger partial charge in [-0.25, -0.2) is 24.2 Å². The Morgan fingerprint density at radius 2 is 1.47 bits per heavy atom. The van der Waals surface area contributed by atoms with Gasteiger partial charge in [0.05, 0.1) is 62.4 Å². The summed E-state index contributed by atoms with van der Waals surface area (Å²) in [5, 5.41) is 0. The van der Waals surface area contributed by atoms with Crippen LogP contribution in [0.3, 0.4) is 0 Å². The van der Waals surface area contributed by atoms with Gasteiger partial charge in [-0.05, 0) is 19.1 Å². The minimum Gasteiger partial charge on any atom is -0.467 e. The average Bonchev–Trinajstić information content (AvgIpc) is 2.97. The number of fused-ring (bicyclic) bond motifs is 3. The highest BCUT2D eigenvalue weighted by Crippen LogP contribution is 2.43. The molecule has 1 aromatic carbocycles. The van der Waals surface area contributed by atoms with Crippen LogP contribution in [0.5, 0.6) is 0 Å². The maximum Gasteiger partial charge on any atom is 0.340 e. The fourth-order valence-corrected chi connectivity index (χ4v) is 3.83. The van der Waals surface area contributed by atoms with Gasteiger partial charge in [0.15, 0.2) is 0 Å². The summed E-state index contributed by atoms with van der Waals surface area (Å²) in [5.74, 6) is -3.46. The molecule has 0 amide bonds. The fourth-order valence-electron chi connectivity index (χ4n) is 3.83. The minimum atomic E-state index is -1.11. The van der Waals surface area contributed by atoms with Crippen molar-refractivity contribution in [2.24, 2.45) is 4.99 Å². The molecule has 0 aromatic heterocycles. The van der Waals surface area contributed by atoms with Crippen molar-refractivity contribution in [3.63, 3.8) is 0 Å². The summed E-state index contributed by atoms with van der Waals surface area (Å²) < 4.78 is 19.7. The number of anilines is 1. The van der Waals surface area contributed by atoms with E-state index in [1.165, 1.54) is 12.0 Å². The van der Waals surface area contributed by atoms with Crippen LogP contribution in [0.2, 0.25) is 0 Å². The van der Waals surface area contributed by atoms with Crippen LogP contribution in [0.4, 0.5) is 11.4 Å². The molecule has 2 aliphatic heterocycles. The van der Waals surface area contributed by atoms with E-state index in [0.29, 0.717) is 17.1 Å². The molecule has 10 nitrogen and oxygen atoms in total. The third kappa shape index (κ3) is 3.64. The largest absolute Gasteiger partial charge is 0.467 e. The van der Waals surface area contributed by atoms with Gasteiger partial charge >= 0.3 is 23.9 Å². The molecule has 1 aromatic rings. The second-order valence-corrected chi connectivity index (χ2v) is 6.85. The maximum absolute atomic E-state index is 13.0. The lowest BCUT2D eigenvalue weighted by molar-refractivity contribution is -0.142. The monoisotopic (exact) mass is 442 g/mol. The highest BCUT2D eigenvalue weighted by Gasteiger charge is 2.45. The van der Waals surface area contributed by atoms with Crippen molar-refractivity contribution in [3.8, 4) is 0 Å². The van der Waals surface area contributed by atoms with Crippen molar-refractivity contribution in [1.29, 1.82) is 0 Å². The summed E-state index contributed by atoms with van der Waals surface area (Å²) in [7, 11) is 4.58. The van der Waals surface area contributed by atoms with Gasteiger partial charge in [-0.3, -0.25) is 0 Å². The third-order valence-corrected chi connectivity index (χ3v) is 5.19. The number of para-hydroxylation sites is 2. The van der Waals surface area contributed by atoms with Crippen LogP contribution in [0.15, 0.2) is 51.7 Å². The highest BCUT2D eigenvalue weighted by atomic mass is 16.5. The topological polar surface area (TPSA) is 121 Å². The number of aliphatic imine (C=N–C) groups is 1. The summed E-state index contributed by atoms with van der Waals surface area (Å²) in [6, 6.07) is 5.84. The van der Waals surface area contributed by atoms with Crippen molar-refractivity contribution in [2.75, 3.05) is 33.3 Å². The number of methoxy groups -OCH3 is 4. The molecule has 1 unspecified atom stereocenters. The molecule has 32 heavy (non-hydrogen) atoms. The molecule has 1 atom stereocenters. The number of rotatable bonds is 4. The number of hydrogen-bond acceptors (Lipinski definition) is 10. The van der Waals surface area contributed by atoms with E-state index in [2.05, 4.69) is 4.99 Å². The van der Waals surface area contributed by atoms with Crippen LogP contribution in [0.1, 0.15) is 13.3 Å². The Hall–Kier alpha value is -3.95. The summed E-state index contributed by atoms with van der Waals surface area (Å²) in [6.45, 7) is 1.62. The Kier molecular flexibility index (Phi) is 6.42. The molecule has 0 radical (unpaired) electrons. The van der Waals surface area contributed by atoms with Gasteiger partial charge in [0.25, 0.3) is 0 Å². The number of carbonyl (C=O) groups excluding carboxylic acids is 4. The van der Waals surface area contributed by atoms with E-state index in [4.69, 9.17) is 18.9 Å². The minimum absolute atomic E-state index is 0.130. The number of benzene rings is 1. The molecule has 2 aliphatic rings. The zero-order chi connectivity index (χ0) is 23.6. The predicted octanol–water partition coefficient (Wildman–Crippen LogP) is 1.61. The van der Waals surface area contributed by atoms with E-state index in [0.717, 1.165) is 21.3 Å². The number of esters is 4. The fraction of sp³-hybridized carbons (Fsp3) is 0.318. The molecule has 3 rings (SSSR count). The molecule has 10 heteroatoms. The first kappa shape index (κ1) is 22.7. The standard InChI is InChI=1S/C22H22N2O8/c1-11-18-17(22(28)32-5)16(21(27)31-4)12(19(25)29-2)10-15(20(26)30-3)24(18)14-9-7-6-8-13(14)23-11/h6-9,15H,10H2,1-5H3. The second kappa shape index (κ2) is 9.04. The molecule has 0 fully saturated rings. The van der Waals surface area contributed by atoms with Gasteiger partial charge in [-0.1, -0.05) is 12.1 Å². The summed E-state index contributed by atoms with van der Waals surface area (Å²) in [6.07, 6.45) is -0.296. The Morgan fingerprint density at radius 3 is 2.06 bits per heavy atom. The lowest BCUT2D eigenvalue weighted by atomic mass is 9.95. The molecular formula is C22H22N2O8. The van der Waals surface area contributed by atoms with Crippen LogP contribution in [0, 0.1) is 0 Å². The van der Waals surface area contributed by atoms with E-state index in [1.807, 2.05) is 0 Å². The Labute approximate surface area is 184 Å². The second-order valence-electron chi connectivity index (χ2n) is 6.85. The zero-order valence-corrected chi connectivity index (χ0v) is 18.3. The molecule has 0 saturated carbocycles. The van der Waals surface area contributed by atoms with Crippen molar-refractivity contribution in [3.05, 3.63) is 46.7 Å². The number of ether oxygens (including phenoxy) is 4. The Bertz CT molecular complexity index is 1100. The molecule has 0 N–H and O–H groups in total. The summed E-state index contributed by atoms with van der Waals surface area (Å²) >= 11 is 0. The predicted molar refractivity (Wildman–Crippen MR) is 112 cm³/mol. The van der Waals surface area contributed by atoms with Crippen molar-refractivity contribution < 1.29 is 38.1 Å². The maximum atomic E-state index is 13.0. The molecule has 0 aliphatic carbocycles. The van der Waals surface area contributed by atoms with Crippen molar-refractivity contribution in [1.82, 2.24) is 0 Å². The quantitative estimate of drug-likeness (QED) is 0.506. The number of carbonyl (C=O) groups is 4. The Balaban J connectivity index is 2.51. The van der Waals surface area contributed by atoms with E-state index in [-0.39, 0.29) is 28.8 Å². The van der Waals surface area contributed by atoms with Crippen LogP contribution in [-0.2, 0) is 38.1 Å². The summed E-state index contributed by atoms with van der Waals surface area (Å²) in [4.78, 5) is 57.6. The van der Waals surface area contributed by atoms with Gasteiger partial charge in [-0.15, -0.1) is 0 Å². The van der Waals surface area contributed by atoms with E-state index in [9.17, 15) is 19.2 Å². The third-order valence-electron chi connectivity index (χ3n) is 5.19. The molecular weight excluding hydrogens is 420 g/mol. The SMILES string of the molecule is COC(=O)C1=C(C(=O)OC)C(C(=O)OC)=C2C(C)=Nc3ccccc3N2C(C(=O)OC)C1. The lowest BCUT2D eigenvalue weighted by Gasteiger charge is -2.36. The van der Waals surface area contributed by atoms with Crippen LogP contribution in [0.25, 0.3) is 0 Å². The zero-order valence-electron chi connectivity index (χ0n) is 18.3. The first-order chi connectivity index (χ1) is 15.3.